The summed E-state index contributed by atoms with van der Waals surface area (Å²) in [4.78, 5) is 12.3. The monoisotopic (exact) mass is 325 g/mol. The topological polar surface area (TPSA) is 116 Å². The van der Waals surface area contributed by atoms with Crippen LogP contribution in [0.15, 0.2) is 23.1 Å². The molecule has 1 aromatic heterocycles. The molecule has 0 radical (unpaired) electrons. The Balaban J connectivity index is 2.46. The molecule has 0 fully saturated rings. The summed E-state index contributed by atoms with van der Waals surface area (Å²) < 4.78 is 30.3. The normalized spacial score (nSPS) is 11.2. The van der Waals surface area contributed by atoms with E-state index in [0.717, 1.165) is 6.26 Å². The van der Waals surface area contributed by atoms with Gasteiger partial charge in [-0.2, -0.15) is 0 Å². The molecule has 1 amide bonds. The van der Waals surface area contributed by atoms with Gasteiger partial charge in [0, 0.05) is 13.3 Å². The number of benzene rings is 1. The lowest BCUT2D eigenvalue weighted by atomic mass is 10.2. The number of hydrogen-bond acceptors (Lipinski definition) is 7. The highest BCUT2D eigenvalue weighted by Gasteiger charge is 2.22. The molecule has 22 heavy (non-hydrogen) atoms. The van der Waals surface area contributed by atoms with Crippen LogP contribution in [0.3, 0.4) is 0 Å². The van der Waals surface area contributed by atoms with Gasteiger partial charge in [-0.05, 0) is 29.5 Å². The van der Waals surface area contributed by atoms with Crippen LogP contribution < -0.4 is 10.1 Å². The van der Waals surface area contributed by atoms with Crippen molar-refractivity contribution in [1.29, 1.82) is 0 Å². The fraction of sp³-hybridized carbons (Fsp3) is 0.333. The summed E-state index contributed by atoms with van der Waals surface area (Å²) >= 11 is 0. The van der Waals surface area contributed by atoms with E-state index in [9.17, 15) is 13.2 Å². The Morgan fingerprint density at radius 3 is 2.68 bits per heavy atom. The lowest BCUT2D eigenvalue weighted by Gasteiger charge is -2.13. The van der Waals surface area contributed by atoms with Crippen molar-refractivity contribution >= 4 is 21.7 Å². The van der Waals surface area contributed by atoms with Gasteiger partial charge in [-0.3, -0.25) is 10.1 Å². The number of aromatic nitrogens is 4. The van der Waals surface area contributed by atoms with Crippen LogP contribution in [0.1, 0.15) is 17.3 Å². The second kappa shape index (κ2) is 6.10. The van der Waals surface area contributed by atoms with Crippen molar-refractivity contribution in [2.24, 2.45) is 7.05 Å². The fourth-order valence-corrected chi connectivity index (χ4v) is 2.62. The second-order valence-corrected chi connectivity index (χ2v) is 6.40. The van der Waals surface area contributed by atoms with Crippen LogP contribution in [0.25, 0.3) is 0 Å². The molecule has 1 N–H and O–H groups in total. The van der Waals surface area contributed by atoms with Crippen LogP contribution in [0.2, 0.25) is 0 Å². The Morgan fingerprint density at radius 2 is 2.14 bits per heavy atom. The quantitative estimate of drug-likeness (QED) is 0.838. The number of anilines is 1. The molecule has 0 bridgehead atoms. The molecular weight excluding hydrogens is 310 g/mol. The van der Waals surface area contributed by atoms with E-state index < -0.39 is 15.7 Å². The number of sulfone groups is 1. The first-order chi connectivity index (χ1) is 10.3. The standard InChI is InChI=1S/C12H15N5O4S/c1-4-21-10-8(6-5-7-9(10)22(3,19)20)11(18)13-12-14-15-16-17(12)2/h5-7H,4H2,1-3H3,(H,13,14,16,18). The molecule has 10 heteroatoms. The Labute approximate surface area is 127 Å². The summed E-state index contributed by atoms with van der Waals surface area (Å²) in [7, 11) is -1.97. The van der Waals surface area contributed by atoms with E-state index in [4.69, 9.17) is 4.74 Å². The average molecular weight is 325 g/mol. The molecule has 118 valence electrons. The zero-order valence-electron chi connectivity index (χ0n) is 12.3. The highest BCUT2D eigenvalue weighted by molar-refractivity contribution is 7.90. The van der Waals surface area contributed by atoms with Crippen LogP contribution in [-0.2, 0) is 16.9 Å². The lowest BCUT2D eigenvalue weighted by molar-refractivity contribution is 0.102. The molecule has 0 aliphatic carbocycles. The average Bonchev–Trinajstić information content (AvgIpc) is 2.83. The van der Waals surface area contributed by atoms with Crippen LogP contribution >= 0.6 is 0 Å². The van der Waals surface area contributed by atoms with Gasteiger partial charge in [0.1, 0.15) is 4.90 Å². The number of para-hydroxylation sites is 1. The second-order valence-electron chi connectivity index (χ2n) is 4.42. The van der Waals surface area contributed by atoms with E-state index in [1.807, 2.05) is 0 Å². The van der Waals surface area contributed by atoms with Gasteiger partial charge in [0.25, 0.3) is 5.91 Å². The zero-order valence-corrected chi connectivity index (χ0v) is 13.1. The summed E-state index contributed by atoms with van der Waals surface area (Å²) in [5.41, 5.74) is 0.0905. The van der Waals surface area contributed by atoms with Crippen LogP contribution in [0.5, 0.6) is 5.75 Å². The Bertz CT molecular complexity index is 800. The maximum atomic E-state index is 12.3. The molecule has 0 atom stereocenters. The maximum absolute atomic E-state index is 12.3. The molecule has 0 saturated heterocycles. The summed E-state index contributed by atoms with van der Waals surface area (Å²) in [5, 5.41) is 13.1. The molecule has 9 nitrogen and oxygen atoms in total. The van der Waals surface area contributed by atoms with Crippen LogP contribution in [0, 0.1) is 0 Å². The van der Waals surface area contributed by atoms with E-state index in [-0.39, 0.29) is 28.8 Å². The highest BCUT2D eigenvalue weighted by atomic mass is 32.2. The van der Waals surface area contributed by atoms with E-state index in [2.05, 4.69) is 20.8 Å². The van der Waals surface area contributed by atoms with Gasteiger partial charge in [-0.25, -0.2) is 13.1 Å². The Morgan fingerprint density at radius 1 is 1.41 bits per heavy atom. The van der Waals surface area contributed by atoms with Crippen LogP contribution in [-0.4, -0.2) is 47.4 Å². The third-order valence-electron chi connectivity index (χ3n) is 2.76. The molecule has 0 spiro atoms. The van der Waals surface area contributed by atoms with Gasteiger partial charge in [0.2, 0.25) is 5.95 Å². The van der Waals surface area contributed by atoms with Crippen molar-refractivity contribution in [3.8, 4) is 5.75 Å². The van der Waals surface area contributed by atoms with Crippen LogP contribution in [0.4, 0.5) is 5.95 Å². The number of carbonyl (C=O) groups is 1. The van der Waals surface area contributed by atoms with Crippen molar-refractivity contribution in [1.82, 2.24) is 20.2 Å². The predicted octanol–water partition coefficient (Wildman–Crippen LogP) is 0.265. The minimum absolute atomic E-state index is 0.0140. The number of nitrogens with zero attached hydrogens (tertiary/aromatic N) is 4. The van der Waals surface area contributed by atoms with Gasteiger partial charge in [0.15, 0.2) is 15.6 Å². The van der Waals surface area contributed by atoms with E-state index in [1.54, 1.807) is 14.0 Å². The molecule has 2 aromatic rings. The van der Waals surface area contributed by atoms with Crippen molar-refractivity contribution in [3.05, 3.63) is 23.8 Å². The summed E-state index contributed by atoms with van der Waals surface area (Å²) in [6, 6.07) is 4.34. The molecule has 0 aliphatic heterocycles. The number of nitrogens with one attached hydrogen (secondary N) is 1. The lowest BCUT2D eigenvalue weighted by Crippen LogP contribution is -2.18. The highest BCUT2D eigenvalue weighted by Crippen LogP contribution is 2.28. The molecule has 0 unspecified atom stereocenters. The van der Waals surface area contributed by atoms with Gasteiger partial charge < -0.3 is 4.74 Å². The van der Waals surface area contributed by atoms with Gasteiger partial charge in [-0.1, -0.05) is 11.2 Å². The first-order valence-electron chi connectivity index (χ1n) is 6.34. The SMILES string of the molecule is CCOc1c(C(=O)Nc2nnnn2C)cccc1S(C)(=O)=O. The largest absolute Gasteiger partial charge is 0.492 e. The number of aryl methyl sites for hydroxylation is 1. The Hall–Kier alpha value is -2.49. The van der Waals surface area contributed by atoms with Gasteiger partial charge in [0.05, 0.1) is 12.2 Å². The third kappa shape index (κ3) is 3.22. The van der Waals surface area contributed by atoms with E-state index in [0.29, 0.717) is 0 Å². The zero-order chi connectivity index (χ0) is 16.3. The molecular formula is C12H15N5O4S. The minimum Gasteiger partial charge on any atom is -0.492 e. The third-order valence-corrected chi connectivity index (χ3v) is 3.88. The van der Waals surface area contributed by atoms with Crippen molar-refractivity contribution in [2.45, 2.75) is 11.8 Å². The van der Waals surface area contributed by atoms with Crippen molar-refractivity contribution in [2.75, 3.05) is 18.2 Å². The maximum Gasteiger partial charge on any atom is 0.261 e. The number of hydrogen-bond donors (Lipinski definition) is 1. The number of ether oxygens (including phenoxy) is 1. The van der Waals surface area contributed by atoms with Gasteiger partial charge >= 0.3 is 0 Å². The van der Waals surface area contributed by atoms with E-state index in [1.165, 1.54) is 22.9 Å². The molecule has 2 rings (SSSR count). The van der Waals surface area contributed by atoms with Gasteiger partial charge in [-0.15, -0.1) is 0 Å². The smallest absolute Gasteiger partial charge is 0.261 e. The predicted molar refractivity (Wildman–Crippen MR) is 77.5 cm³/mol. The van der Waals surface area contributed by atoms with Crippen molar-refractivity contribution < 1.29 is 17.9 Å². The Kier molecular flexibility index (Phi) is 4.40. The minimum atomic E-state index is -3.53. The number of amides is 1. The number of tetrazole rings is 1. The summed E-state index contributed by atoms with van der Waals surface area (Å²) in [6.07, 6.45) is 1.05. The molecule has 0 aliphatic rings. The molecule has 1 heterocycles. The first kappa shape index (κ1) is 15.9. The number of carbonyl (C=O) groups excluding carboxylic acids is 1. The summed E-state index contributed by atoms with van der Waals surface area (Å²) in [5.74, 6) is -0.413. The number of rotatable bonds is 5. The molecule has 0 saturated carbocycles. The van der Waals surface area contributed by atoms with Crippen molar-refractivity contribution in [3.63, 3.8) is 0 Å². The first-order valence-corrected chi connectivity index (χ1v) is 8.23. The van der Waals surface area contributed by atoms with E-state index >= 15 is 0 Å². The molecule has 1 aromatic carbocycles. The fourth-order valence-electron chi connectivity index (χ4n) is 1.78. The summed E-state index contributed by atoms with van der Waals surface area (Å²) in [6.45, 7) is 1.92.